The minimum Gasteiger partial charge on any atom is -0.483 e. The first-order valence-electron chi connectivity index (χ1n) is 5.35. The van der Waals surface area contributed by atoms with Crippen molar-refractivity contribution in [1.29, 1.82) is 0 Å². The Bertz CT molecular complexity index is 461. The van der Waals surface area contributed by atoms with E-state index in [1.807, 2.05) is 29.5 Å². The van der Waals surface area contributed by atoms with Gasteiger partial charge < -0.3 is 14.7 Å². The molecule has 6 heteroatoms. The number of halogens is 1. The molecule has 0 saturated carbocycles. The zero-order valence-corrected chi connectivity index (χ0v) is 12.3. The van der Waals surface area contributed by atoms with Gasteiger partial charge in [-0.1, -0.05) is 0 Å². The largest absolute Gasteiger partial charge is 0.483 e. The number of carbonyl (C=O) groups is 2. The fourth-order valence-electron chi connectivity index (χ4n) is 1.22. The minimum absolute atomic E-state index is 0.0638. The van der Waals surface area contributed by atoms with Gasteiger partial charge in [-0.15, -0.1) is 0 Å². The number of nitrogens with zero attached hydrogens (tertiary/aromatic N) is 1. The number of rotatable bonds is 5. The lowest BCUT2D eigenvalue weighted by atomic mass is 10.2. The van der Waals surface area contributed by atoms with Crippen LogP contribution in [0.1, 0.15) is 17.3 Å². The van der Waals surface area contributed by atoms with Crippen molar-refractivity contribution in [2.45, 2.75) is 6.92 Å². The molecule has 0 atom stereocenters. The van der Waals surface area contributed by atoms with E-state index in [2.05, 4.69) is 0 Å². The molecule has 0 aliphatic heterocycles. The van der Waals surface area contributed by atoms with Gasteiger partial charge in [0.05, 0.1) is 0 Å². The van der Waals surface area contributed by atoms with Crippen LogP contribution in [0, 0.1) is 3.57 Å². The SMILES string of the molecule is CCN(C)C(=O)COc1ccc(I)cc1C(=O)O. The van der Waals surface area contributed by atoms with E-state index >= 15 is 0 Å². The van der Waals surface area contributed by atoms with Crippen molar-refractivity contribution in [3.05, 3.63) is 27.3 Å². The van der Waals surface area contributed by atoms with Crippen molar-refractivity contribution in [3.8, 4) is 5.75 Å². The van der Waals surface area contributed by atoms with Crippen molar-refractivity contribution < 1.29 is 19.4 Å². The van der Waals surface area contributed by atoms with Crippen molar-refractivity contribution >= 4 is 34.5 Å². The van der Waals surface area contributed by atoms with E-state index in [4.69, 9.17) is 9.84 Å². The van der Waals surface area contributed by atoms with E-state index in [0.29, 0.717) is 6.54 Å². The monoisotopic (exact) mass is 363 g/mol. The molecule has 1 amide bonds. The molecule has 18 heavy (non-hydrogen) atoms. The number of carbonyl (C=O) groups excluding carboxylic acids is 1. The van der Waals surface area contributed by atoms with Gasteiger partial charge in [0.2, 0.25) is 0 Å². The highest BCUT2D eigenvalue weighted by Crippen LogP contribution is 2.21. The standard InChI is InChI=1S/C12H14INO4/c1-3-14(2)11(15)7-18-10-5-4-8(13)6-9(10)12(16)17/h4-6H,3,7H2,1-2H3,(H,16,17). The summed E-state index contributed by atoms with van der Waals surface area (Å²) in [7, 11) is 1.66. The number of ether oxygens (including phenoxy) is 1. The number of hydrogen-bond acceptors (Lipinski definition) is 3. The highest BCUT2D eigenvalue weighted by atomic mass is 127. The Morgan fingerprint density at radius 1 is 1.44 bits per heavy atom. The van der Waals surface area contributed by atoms with Gasteiger partial charge in [-0.2, -0.15) is 0 Å². The maximum atomic E-state index is 11.5. The molecule has 0 aromatic heterocycles. The molecule has 0 aliphatic rings. The van der Waals surface area contributed by atoms with Crippen LogP contribution in [-0.2, 0) is 4.79 Å². The van der Waals surface area contributed by atoms with Crippen LogP contribution in [0.3, 0.4) is 0 Å². The molecule has 1 rings (SSSR count). The second kappa shape index (κ2) is 6.58. The highest BCUT2D eigenvalue weighted by Gasteiger charge is 2.14. The van der Waals surface area contributed by atoms with E-state index in [9.17, 15) is 9.59 Å². The molecule has 0 radical (unpaired) electrons. The molecule has 0 fully saturated rings. The summed E-state index contributed by atoms with van der Waals surface area (Å²) in [5.74, 6) is -1.05. The Balaban J connectivity index is 2.79. The molecular formula is C12H14INO4. The van der Waals surface area contributed by atoms with E-state index in [1.54, 1.807) is 19.2 Å². The molecule has 5 nitrogen and oxygen atoms in total. The Labute approximate surface area is 119 Å². The van der Waals surface area contributed by atoms with E-state index in [-0.39, 0.29) is 23.8 Å². The fraction of sp³-hybridized carbons (Fsp3) is 0.333. The van der Waals surface area contributed by atoms with Crippen LogP contribution in [0.25, 0.3) is 0 Å². The molecule has 0 unspecified atom stereocenters. The number of benzene rings is 1. The summed E-state index contributed by atoms with van der Waals surface area (Å²) in [6.07, 6.45) is 0. The molecule has 0 spiro atoms. The first-order chi connectivity index (χ1) is 8.45. The number of hydrogen-bond donors (Lipinski definition) is 1. The molecule has 0 bridgehead atoms. The first kappa shape index (κ1) is 14.7. The summed E-state index contributed by atoms with van der Waals surface area (Å²) in [6, 6.07) is 4.80. The molecular weight excluding hydrogens is 349 g/mol. The van der Waals surface area contributed by atoms with Gasteiger partial charge in [-0.05, 0) is 47.7 Å². The van der Waals surface area contributed by atoms with Crippen LogP contribution in [0.15, 0.2) is 18.2 Å². The summed E-state index contributed by atoms with van der Waals surface area (Å²) in [5, 5.41) is 9.03. The summed E-state index contributed by atoms with van der Waals surface area (Å²) in [4.78, 5) is 24.1. The topological polar surface area (TPSA) is 66.8 Å². The van der Waals surface area contributed by atoms with Crippen LogP contribution in [0.4, 0.5) is 0 Å². The van der Waals surface area contributed by atoms with Crippen LogP contribution >= 0.6 is 22.6 Å². The third-order valence-electron chi connectivity index (χ3n) is 2.42. The second-order valence-corrected chi connectivity index (χ2v) is 4.89. The predicted octanol–water partition coefficient (Wildman–Crippen LogP) is 1.85. The van der Waals surface area contributed by atoms with Crippen molar-refractivity contribution in [1.82, 2.24) is 4.90 Å². The van der Waals surface area contributed by atoms with Gasteiger partial charge in [0, 0.05) is 17.2 Å². The molecule has 0 saturated heterocycles. The summed E-state index contributed by atoms with van der Waals surface area (Å²) in [5.41, 5.74) is 0.0638. The normalized spacial score (nSPS) is 9.94. The molecule has 0 heterocycles. The average Bonchev–Trinajstić information content (AvgIpc) is 2.35. The Morgan fingerprint density at radius 2 is 2.11 bits per heavy atom. The lowest BCUT2D eigenvalue weighted by Crippen LogP contribution is -2.31. The van der Waals surface area contributed by atoms with Crippen molar-refractivity contribution in [3.63, 3.8) is 0 Å². The second-order valence-electron chi connectivity index (χ2n) is 3.64. The summed E-state index contributed by atoms with van der Waals surface area (Å²) < 4.78 is 6.06. The smallest absolute Gasteiger partial charge is 0.339 e. The van der Waals surface area contributed by atoms with Crippen LogP contribution in [0.2, 0.25) is 0 Å². The highest BCUT2D eigenvalue weighted by molar-refractivity contribution is 14.1. The predicted molar refractivity (Wildman–Crippen MR) is 74.9 cm³/mol. The molecule has 1 aromatic carbocycles. The number of carboxylic acids is 1. The lowest BCUT2D eigenvalue weighted by Gasteiger charge is -2.15. The van der Waals surface area contributed by atoms with Crippen molar-refractivity contribution in [2.24, 2.45) is 0 Å². The maximum absolute atomic E-state index is 11.5. The number of likely N-dealkylation sites (N-methyl/N-ethyl adjacent to an activating group) is 1. The van der Waals surface area contributed by atoms with E-state index in [0.717, 1.165) is 3.57 Å². The lowest BCUT2D eigenvalue weighted by molar-refractivity contribution is -0.131. The third-order valence-corrected chi connectivity index (χ3v) is 3.09. The maximum Gasteiger partial charge on any atom is 0.339 e. The summed E-state index contributed by atoms with van der Waals surface area (Å²) in [6.45, 7) is 2.28. The van der Waals surface area contributed by atoms with Crippen molar-refractivity contribution in [2.75, 3.05) is 20.2 Å². The first-order valence-corrected chi connectivity index (χ1v) is 6.43. The van der Waals surface area contributed by atoms with Gasteiger partial charge in [0.15, 0.2) is 6.61 Å². The minimum atomic E-state index is -1.07. The number of carboxylic acid groups (broad SMARTS) is 1. The van der Waals surface area contributed by atoms with Gasteiger partial charge in [-0.3, -0.25) is 4.79 Å². The van der Waals surface area contributed by atoms with E-state index < -0.39 is 5.97 Å². The quantitative estimate of drug-likeness (QED) is 0.811. The zero-order chi connectivity index (χ0) is 13.7. The number of amides is 1. The molecule has 1 aromatic rings. The van der Waals surface area contributed by atoms with Gasteiger partial charge >= 0.3 is 5.97 Å². The Morgan fingerprint density at radius 3 is 2.67 bits per heavy atom. The number of aromatic carboxylic acids is 1. The van der Waals surface area contributed by atoms with Crippen LogP contribution < -0.4 is 4.74 Å². The van der Waals surface area contributed by atoms with E-state index in [1.165, 1.54) is 11.0 Å². The Hall–Kier alpha value is -1.31. The zero-order valence-electron chi connectivity index (χ0n) is 10.1. The van der Waals surface area contributed by atoms with Crippen LogP contribution in [0.5, 0.6) is 5.75 Å². The molecule has 0 aliphatic carbocycles. The average molecular weight is 363 g/mol. The molecule has 98 valence electrons. The van der Waals surface area contributed by atoms with Gasteiger partial charge in [0.25, 0.3) is 5.91 Å². The fourth-order valence-corrected chi connectivity index (χ4v) is 1.71. The third kappa shape index (κ3) is 3.86. The Kier molecular flexibility index (Phi) is 5.39. The summed E-state index contributed by atoms with van der Waals surface area (Å²) >= 11 is 2.02. The van der Waals surface area contributed by atoms with Gasteiger partial charge in [-0.25, -0.2) is 4.79 Å². The molecule has 1 N–H and O–H groups in total. The van der Waals surface area contributed by atoms with Crippen LogP contribution in [-0.4, -0.2) is 42.1 Å². The van der Waals surface area contributed by atoms with Gasteiger partial charge in [0.1, 0.15) is 11.3 Å².